The molecule has 4 nitrogen and oxygen atoms in total. The second-order valence-electron chi connectivity index (χ2n) is 2.47. The molecular weight excluding hydrogens is 285 g/mol. The number of carbonyl (C=O) groups is 1. The van der Waals surface area contributed by atoms with Gasteiger partial charge in [0, 0.05) is 9.64 Å². The highest BCUT2D eigenvalue weighted by Gasteiger charge is 2.16. The van der Waals surface area contributed by atoms with E-state index >= 15 is 0 Å². The van der Waals surface area contributed by atoms with Crippen molar-refractivity contribution in [3.05, 3.63) is 37.4 Å². The molecule has 5 heteroatoms. The van der Waals surface area contributed by atoms with Crippen molar-refractivity contribution in [1.82, 2.24) is 0 Å². The zero-order valence-corrected chi connectivity index (χ0v) is 8.94. The van der Waals surface area contributed by atoms with Gasteiger partial charge >= 0.3 is 0 Å². The van der Waals surface area contributed by atoms with Gasteiger partial charge in [-0.2, -0.15) is 0 Å². The van der Waals surface area contributed by atoms with Gasteiger partial charge in [0.1, 0.15) is 0 Å². The Labute approximate surface area is 88.2 Å². The molecule has 0 heterocycles. The predicted octanol–water partition coefficient (Wildman–Crippen LogP) is 2.40. The molecular formula is C8H6INO3. The number of carbonyl (C=O) groups excluding carboxylic acids is 1. The Morgan fingerprint density at radius 2 is 2.15 bits per heavy atom. The summed E-state index contributed by atoms with van der Waals surface area (Å²) in [5.74, 6) is -0.287. The van der Waals surface area contributed by atoms with Crippen LogP contribution < -0.4 is 0 Å². The van der Waals surface area contributed by atoms with Gasteiger partial charge in [0.15, 0.2) is 5.78 Å². The quantitative estimate of drug-likeness (QED) is 0.364. The number of rotatable bonds is 2. The van der Waals surface area contributed by atoms with Gasteiger partial charge in [-0.15, -0.1) is 0 Å². The Bertz CT molecular complexity index is 376. The van der Waals surface area contributed by atoms with Crippen molar-refractivity contribution >= 4 is 34.1 Å². The standard InChI is InChI=1S/C8H6INO3/c1-5(11)7-4-6(9)2-3-8(7)10(12)13/h2-4H,1H3. The molecule has 0 saturated heterocycles. The number of nitro benzene ring substituents is 1. The lowest BCUT2D eigenvalue weighted by molar-refractivity contribution is -0.385. The van der Waals surface area contributed by atoms with Gasteiger partial charge in [-0.1, -0.05) is 0 Å². The molecule has 0 aliphatic carbocycles. The predicted molar refractivity (Wildman–Crippen MR) is 55.8 cm³/mol. The van der Waals surface area contributed by atoms with Crippen molar-refractivity contribution in [3.63, 3.8) is 0 Å². The highest BCUT2D eigenvalue weighted by molar-refractivity contribution is 14.1. The molecule has 0 aliphatic rings. The molecule has 0 radical (unpaired) electrons. The van der Waals surface area contributed by atoms with E-state index in [-0.39, 0.29) is 17.0 Å². The Hall–Kier alpha value is -0.980. The fourth-order valence-corrected chi connectivity index (χ4v) is 1.44. The zero-order chi connectivity index (χ0) is 10.0. The van der Waals surface area contributed by atoms with E-state index in [1.54, 1.807) is 6.07 Å². The summed E-state index contributed by atoms with van der Waals surface area (Å²) >= 11 is 2.00. The minimum atomic E-state index is -0.549. The average Bonchev–Trinajstić information content (AvgIpc) is 2.03. The molecule has 0 amide bonds. The summed E-state index contributed by atoms with van der Waals surface area (Å²) in [6.07, 6.45) is 0. The van der Waals surface area contributed by atoms with Gasteiger partial charge in [-0.25, -0.2) is 0 Å². The first kappa shape index (κ1) is 10.1. The molecule has 68 valence electrons. The molecule has 13 heavy (non-hydrogen) atoms. The van der Waals surface area contributed by atoms with E-state index in [1.165, 1.54) is 19.1 Å². The van der Waals surface area contributed by atoms with E-state index in [0.717, 1.165) is 3.57 Å². The number of hydrogen-bond acceptors (Lipinski definition) is 3. The molecule has 0 N–H and O–H groups in total. The molecule has 0 aromatic heterocycles. The molecule has 1 rings (SSSR count). The minimum absolute atomic E-state index is 0.132. The second-order valence-corrected chi connectivity index (χ2v) is 3.72. The van der Waals surface area contributed by atoms with Crippen molar-refractivity contribution in [2.24, 2.45) is 0 Å². The maximum Gasteiger partial charge on any atom is 0.280 e. The molecule has 0 atom stereocenters. The third-order valence-electron chi connectivity index (χ3n) is 1.53. The molecule has 0 unspecified atom stereocenters. The fourth-order valence-electron chi connectivity index (χ4n) is 0.949. The SMILES string of the molecule is CC(=O)c1cc(I)ccc1[N+](=O)[O-]. The van der Waals surface area contributed by atoms with Gasteiger partial charge in [-0.3, -0.25) is 14.9 Å². The topological polar surface area (TPSA) is 60.2 Å². The van der Waals surface area contributed by atoms with Gasteiger partial charge in [0.25, 0.3) is 5.69 Å². The van der Waals surface area contributed by atoms with Gasteiger partial charge in [0.2, 0.25) is 0 Å². The summed E-state index contributed by atoms with van der Waals surface area (Å²) < 4.78 is 0.813. The van der Waals surface area contributed by atoms with Crippen LogP contribution in [0.15, 0.2) is 18.2 Å². The number of nitro groups is 1. The third-order valence-corrected chi connectivity index (χ3v) is 2.21. The number of benzene rings is 1. The lowest BCUT2D eigenvalue weighted by Gasteiger charge is -1.98. The van der Waals surface area contributed by atoms with E-state index in [4.69, 9.17) is 0 Å². The van der Waals surface area contributed by atoms with Crippen LogP contribution in [-0.4, -0.2) is 10.7 Å². The van der Waals surface area contributed by atoms with Gasteiger partial charge in [0.05, 0.1) is 10.5 Å². The van der Waals surface area contributed by atoms with Crippen molar-refractivity contribution in [2.75, 3.05) is 0 Å². The van der Waals surface area contributed by atoms with Crippen molar-refractivity contribution < 1.29 is 9.72 Å². The first-order valence-electron chi connectivity index (χ1n) is 3.47. The smallest absolute Gasteiger partial charge is 0.280 e. The van der Waals surface area contributed by atoms with Crippen molar-refractivity contribution in [1.29, 1.82) is 0 Å². The first-order chi connectivity index (χ1) is 6.02. The first-order valence-corrected chi connectivity index (χ1v) is 4.55. The summed E-state index contributed by atoms with van der Waals surface area (Å²) in [6.45, 7) is 1.32. The lowest BCUT2D eigenvalue weighted by Crippen LogP contribution is -2.00. The fraction of sp³-hybridized carbons (Fsp3) is 0.125. The van der Waals surface area contributed by atoms with Crippen molar-refractivity contribution in [2.45, 2.75) is 6.92 Å². The highest BCUT2D eigenvalue weighted by atomic mass is 127. The van der Waals surface area contributed by atoms with Crippen LogP contribution in [0.25, 0.3) is 0 Å². The number of nitrogens with zero attached hydrogens (tertiary/aromatic N) is 1. The summed E-state index contributed by atoms with van der Waals surface area (Å²) in [4.78, 5) is 21.0. The molecule has 0 bridgehead atoms. The molecule has 0 spiro atoms. The van der Waals surface area contributed by atoms with Gasteiger partial charge < -0.3 is 0 Å². The molecule has 1 aromatic carbocycles. The van der Waals surface area contributed by atoms with E-state index in [0.29, 0.717) is 0 Å². The normalized spacial score (nSPS) is 9.69. The second kappa shape index (κ2) is 3.82. The van der Waals surface area contributed by atoms with Crippen LogP contribution in [0.5, 0.6) is 0 Å². The van der Waals surface area contributed by atoms with Crippen LogP contribution in [0.3, 0.4) is 0 Å². The van der Waals surface area contributed by atoms with Crippen LogP contribution in [-0.2, 0) is 0 Å². The third kappa shape index (κ3) is 2.24. The Morgan fingerprint density at radius 1 is 1.54 bits per heavy atom. The molecule has 0 saturated carbocycles. The number of Topliss-reactive ketones (excluding diaryl/α,β-unsaturated/α-hetero) is 1. The highest BCUT2D eigenvalue weighted by Crippen LogP contribution is 2.21. The summed E-state index contributed by atoms with van der Waals surface area (Å²) in [7, 11) is 0. The van der Waals surface area contributed by atoms with Crippen LogP contribution in [0.4, 0.5) is 5.69 Å². The lowest BCUT2D eigenvalue weighted by atomic mass is 10.1. The number of ketones is 1. The van der Waals surface area contributed by atoms with Crippen LogP contribution >= 0.6 is 22.6 Å². The molecule has 0 aliphatic heterocycles. The van der Waals surface area contributed by atoms with E-state index in [2.05, 4.69) is 0 Å². The molecule has 0 fully saturated rings. The summed E-state index contributed by atoms with van der Waals surface area (Å²) in [5, 5.41) is 10.5. The van der Waals surface area contributed by atoms with Crippen molar-refractivity contribution in [3.8, 4) is 0 Å². The average molecular weight is 291 g/mol. The maximum atomic E-state index is 11.0. The van der Waals surface area contributed by atoms with E-state index in [1.807, 2.05) is 22.6 Å². The molecule has 1 aromatic rings. The van der Waals surface area contributed by atoms with E-state index < -0.39 is 4.92 Å². The number of hydrogen-bond donors (Lipinski definition) is 0. The monoisotopic (exact) mass is 291 g/mol. The maximum absolute atomic E-state index is 11.0. The summed E-state index contributed by atoms with van der Waals surface area (Å²) in [5.41, 5.74) is 0.0322. The number of halogens is 1. The summed E-state index contributed by atoms with van der Waals surface area (Å²) in [6, 6.07) is 4.46. The Balaban J connectivity index is 3.35. The van der Waals surface area contributed by atoms with Crippen LogP contribution in [0, 0.1) is 13.7 Å². The zero-order valence-electron chi connectivity index (χ0n) is 6.78. The minimum Gasteiger partial charge on any atom is -0.294 e. The Kier molecular flexibility index (Phi) is 2.97. The largest absolute Gasteiger partial charge is 0.294 e. The van der Waals surface area contributed by atoms with Crippen LogP contribution in [0.1, 0.15) is 17.3 Å². The Morgan fingerprint density at radius 3 is 2.62 bits per heavy atom. The van der Waals surface area contributed by atoms with Crippen LogP contribution in [0.2, 0.25) is 0 Å². The van der Waals surface area contributed by atoms with Gasteiger partial charge in [-0.05, 0) is 41.6 Å². The van der Waals surface area contributed by atoms with E-state index in [9.17, 15) is 14.9 Å².